The molecule has 0 aliphatic carbocycles. The summed E-state index contributed by atoms with van der Waals surface area (Å²) in [5.41, 5.74) is 0.821. The second-order valence-electron chi connectivity index (χ2n) is 5.83. The third-order valence-electron chi connectivity index (χ3n) is 4.02. The first-order valence-electron chi connectivity index (χ1n) is 7.79. The second kappa shape index (κ2) is 7.21. The smallest absolute Gasteiger partial charge is 0.244 e. The van der Waals surface area contributed by atoms with Gasteiger partial charge in [0.25, 0.3) is 0 Å². The van der Waals surface area contributed by atoms with Gasteiger partial charge in [-0.05, 0) is 44.5 Å². The molecule has 0 aromatic heterocycles. The Balaban J connectivity index is 1.94. The number of carbonyl (C=O) groups is 1. The lowest BCUT2D eigenvalue weighted by Gasteiger charge is -2.27. The van der Waals surface area contributed by atoms with Crippen molar-refractivity contribution in [3.05, 3.63) is 24.3 Å². The summed E-state index contributed by atoms with van der Waals surface area (Å²) in [6, 6.07) is 6.74. The van der Waals surface area contributed by atoms with Crippen molar-refractivity contribution in [2.45, 2.75) is 32.4 Å². The van der Waals surface area contributed by atoms with E-state index >= 15 is 0 Å². The average Bonchev–Trinajstić information content (AvgIpc) is 2.88. The molecule has 1 aliphatic heterocycles. The van der Waals surface area contributed by atoms with Crippen LogP contribution in [-0.2, 0) is 14.6 Å². The van der Waals surface area contributed by atoms with Crippen LogP contribution in [0.2, 0.25) is 0 Å². The van der Waals surface area contributed by atoms with Crippen LogP contribution in [0.15, 0.2) is 24.3 Å². The number of benzene rings is 1. The summed E-state index contributed by atoms with van der Waals surface area (Å²) in [5.74, 6) is 0.896. The molecule has 2 atom stereocenters. The van der Waals surface area contributed by atoms with Crippen molar-refractivity contribution in [3.8, 4) is 5.75 Å². The SMILES string of the molecule is CCOc1ccc(NC(C)C(=O)N(C)C2CCS(=O)(=O)C2)cc1. The predicted molar refractivity (Wildman–Crippen MR) is 90.5 cm³/mol. The lowest BCUT2D eigenvalue weighted by atomic mass is 10.2. The van der Waals surface area contributed by atoms with Crippen LogP contribution in [0.4, 0.5) is 5.69 Å². The molecule has 0 radical (unpaired) electrons. The fourth-order valence-corrected chi connectivity index (χ4v) is 4.47. The van der Waals surface area contributed by atoms with Gasteiger partial charge in [0.05, 0.1) is 18.1 Å². The van der Waals surface area contributed by atoms with Crippen molar-refractivity contribution in [1.29, 1.82) is 0 Å². The lowest BCUT2D eigenvalue weighted by Crippen LogP contribution is -2.45. The van der Waals surface area contributed by atoms with E-state index in [2.05, 4.69) is 5.32 Å². The Hall–Kier alpha value is -1.76. The van der Waals surface area contributed by atoms with Crippen molar-refractivity contribution in [2.75, 3.05) is 30.5 Å². The Morgan fingerprint density at radius 2 is 2.04 bits per heavy atom. The molecule has 1 aliphatic rings. The Bertz CT molecular complexity index is 643. The summed E-state index contributed by atoms with van der Waals surface area (Å²) >= 11 is 0. The van der Waals surface area contributed by atoms with Crippen molar-refractivity contribution in [1.82, 2.24) is 4.90 Å². The van der Waals surface area contributed by atoms with Gasteiger partial charge in [-0.1, -0.05) is 0 Å². The van der Waals surface area contributed by atoms with Gasteiger partial charge >= 0.3 is 0 Å². The molecule has 0 bridgehead atoms. The topological polar surface area (TPSA) is 75.7 Å². The molecule has 1 amide bonds. The maximum Gasteiger partial charge on any atom is 0.244 e. The standard InChI is InChI=1S/C16H24N2O4S/c1-4-22-15-7-5-13(6-8-15)17-12(2)16(19)18(3)14-9-10-23(20,21)11-14/h5-8,12,14,17H,4,9-11H2,1-3H3. The molecule has 1 aromatic rings. The number of hydrogen-bond donors (Lipinski definition) is 1. The van der Waals surface area contributed by atoms with Crippen molar-refractivity contribution < 1.29 is 17.9 Å². The Kier molecular flexibility index (Phi) is 5.51. The van der Waals surface area contributed by atoms with Gasteiger partial charge in [0, 0.05) is 18.8 Å². The van der Waals surface area contributed by atoms with Crippen LogP contribution in [0.1, 0.15) is 20.3 Å². The zero-order valence-electron chi connectivity index (χ0n) is 13.8. The normalized spacial score (nSPS) is 20.7. The summed E-state index contributed by atoms with van der Waals surface area (Å²) in [6.45, 7) is 4.31. The molecule has 1 heterocycles. The maximum absolute atomic E-state index is 12.5. The zero-order chi connectivity index (χ0) is 17.0. The van der Waals surface area contributed by atoms with Crippen LogP contribution in [0.5, 0.6) is 5.75 Å². The van der Waals surface area contributed by atoms with Crippen LogP contribution in [0, 0.1) is 0 Å². The summed E-state index contributed by atoms with van der Waals surface area (Å²) in [4.78, 5) is 14.0. The highest BCUT2D eigenvalue weighted by atomic mass is 32.2. The van der Waals surface area contributed by atoms with Gasteiger partial charge in [0.2, 0.25) is 5.91 Å². The number of rotatable bonds is 6. The first-order chi connectivity index (χ1) is 10.8. The number of carbonyl (C=O) groups excluding carboxylic acids is 1. The third-order valence-corrected chi connectivity index (χ3v) is 5.77. The Morgan fingerprint density at radius 3 is 2.57 bits per heavy atom. The van der Waals surface area contributed by atoms with Gasteiger partial charge < -0.3 is 15.0 Å². The largest absolute Gasteiger partial charge is 0.494 e. The van der Waals surface area contributed by atoms with Crippen molar-refractivity contribution in [3.63, 3.8) is 0 Å². The molecule has 23 heavy (non-hydrogen) atoms. The van der Waals surface area contributed by atoms with Gasteiger partial charge in [-0.2, -0.15) is 0 Å². The number of anilines is 1. The minimum absolute atomic E-state index is 0.0605. The number of nitrogens with one attached hydrogen (secondary N) is 1. The second-order valence-corrected chi connectivity index (χ2v) is 8.06. The van der Waals surface area contributed by atoms with Crippen LogP contribution in [-0.4, -0.2) is 56.5 Å². The van der Waals surface area contributed by atoms with E-state index in [9.17, 15) is 13.2 Å². The van der Waals surface area contributed by atoms with E-state index in [4.69, 9.17) is 4.74 Å². The van der Waals surface area contributed by atoms with Crippen LogP contribution < -0.4 is 10.1 Å². The van der Waals surface area contributed by atoms with Gasteiger partial charge in [0.1, 0.15) is 11.8 Å². The monoisotopic (exact) mass is 340 g/mol. The zero-order valence-corrected chi connectivity index (χ0v) is 14.6. The summed E-state index contributed by atoms with van der Waals surface area (Å²) < 4.78 is 28.5. The lowest BCUT2D eigenvalue weighted by molar-refractivity contribution is -0.132. The highest BCUT2D eigenvalue weighted by molar-refractivity contribution is 7.91. The fourth-order valence-electron chi connectivity index (χ4n) is 2.69. The number of likely N-dealkylation sites (N-methyl/N-ethyl adjacent to an activating group) is 1. The summed E-state index contributed by atoms with van der Waals surface area (Å²) in [5, 5.41) is 3.14. The van der Waals surface area contributed by atoms with Gasteiger partial charge in [0.15, 0.2) is 9.84 Å². The molecule has 1 aromatic carbocycles. The Labute approximate surface area is 137 Å². The highest BCUT2D eigenvalue weighted by Gasteiger charge is 2.34. The van der Waals surface area contributed by atoms with Gasteiger partial charge in [-0.3, -0.25) is 4.79 Å². The number of amides is 1. The number of sulfone groups is 1. The molecule has 2 unspecified atom stereocenters. The van der Waals surface area contributed by atoms with E-state index in [1.54, 1.807) is 18.9 Å². The van der Waals surface area contributed by atoms with Gasteiger partial charge in [-0.25, -0.2) is 8.42 Å². The molecule has 1 fully saturated rings. The van der Waals surface area contributed by atoms with E-state index in [1.165, 1.54) is 0 Å². The molecule has 1 saturated heterocycles. The van der Waals surface area contributed by atoms with Crippen molar-refractivity contribution in [2.24, 2.45) is 0 Å². The molecule has 7 heteroatoms. The van der Waals surface area contributed by atoms with Gasteiger partial charge in [-0.15, -0.1) is 0 Å². The molecule has 0 saturated carbocycles. The van der Waals surface area contributed by atoms with Crippen LogP contribution >= 0.6 is 0 Å². The number of hydrogen-bond acceptors (Lipinski definition) is 5. The number of nitrogens with zero attached hydrogens (tertiary/aromatic N) is 1. The van der Waals surface area contributed by atoms with Crippen molar-refractivity contribution >= 4 is 21.4 Å². The molecular weight excluding hydrogens is 316 g/mol. The molecule has 2 rings (SSSR count). The molecule has 6 nitrogen and oxygen atoms in total. The van der Waals surface area contributed by atoms with E-state index in [0.29, 0.717) is 13.0 Å². The first kappa shape index (κ1) is 17.6. The highest BCUT2D eigenvalue weighted by Crippen LogP contribution is 2.19. The van der Waals surface area contributed by atoms with E-state index in [-0.39, 0.29) is 23.5 Å². The van der Waals surface area contributed by atoms with E-state index in [1.807, 2.05) is 31.2 Å². The molecule has 128 valence electrons. The summed E-state index contributed by atoms with van der Waals surface area (Å²) in [6.07, 6.45) is 0.514. The Morgan fingerprint density at radius 1 is 1.39 bits per heavy atom. The predicted octanol–water partition coefficient (Wildman–Crippen LogP) is 1.53. The van der Waals surface area contributed by atoms with E-state index in [0.717, 1.165) is 11.4 Å². The van der Waals surface area contributed by atoms with Crippen LogP contribution in [0.25, 0.3) is 0 Å². The first-order valence-corrected chi connectivity index (χ1v) is 9.61. The summed E-state index contributed by atoms with van der Waals surface area (Å²) in [7, 11) is -1.33. The maximum atomic E-state index is 12.5. The number of ether oxygens (including phenoxy) is 1. The third kappa shape index (κ3) is 4.60. The fraction of sp³-hybridized carbons (Fsp3) is 0.562. The average molecular weight is 340 g/mol. The molecule has 1 N–H and O–H groups in total. The van der Waals surface area contributed by atoms with E-state index < -0.39 is 15.9 Å². The van der Waals surface area contributed by atoms with Crippen LogP contribution in [0.3, 0.4) is 0 Å². The molecular formula is C16H24N2O4S. The quantitative estimate of drug-likeness (QED) is 0.850. The molecule has 0 spiro atoms. The minimum Gasteiger partial charge on any atom is -0.494 e. The minimum atomic E-state index is -3.00.